The van der Waals surface area contributed by atoms with Crippen molar-refractivity contribution >= 4 is 62.0 Å². The zero-order chi connectivity index (χ0) is 30.6. The van der Waals surface area contributed by atoms with Crippen LogP contribution < -0.4 is 5.12 Å². The summed E-state index contributed by atoms with van der Waals surface area (Å²) in [6.07, 6.45) is 4.46. The third-order valence-electron chi connectivity index (χ3n) is 8.75. The van der Waals surface area contributed by atoms with Gasteiger partial charge in [0, 0.05) is 44.9 Å². The van der Waals surface area contributed by atoms with E-state index >= 15 is 0 Å². The molecule has 0 radical (unpaired) electrons. The number of para-hydroxylation sites is 2. The SMILES string of the molecule is IN1C2C=Cc3ccc4cc(-c5cccc(-c6nc(-c7ccccc7)c7ccccc7n6)c5)ccc4c3C2=NN1c1ccccc1. The number of rotatable bonds is 4. The van der Waals surface area contributed by atoms with Gasteiger partial charge in [-0.05, 0) is 57.8 Å². The van der Waals surface area contributed by atoms with Crippen molar-refractivity contribution in [2.45, 2.75) is 6.04 Å². The van der Waals surface area contributed by atoms with Crippen molar-refractivity contribution in [2.75, 3.05) is 5.12 Å². The van der Waals surface area contributed by atoms with E-state index in [1.54, 1.807) is 0 Å². The molecule has 0 saturated carbocycles. The lowest BCUT2D eigenvalue weighted by Crippen LogP contribution is -2.35. The van der Waals surface area contributed by atoms with E-state index in [1.807, 2.05) is 41.5 Å². The van der Waals surface area contributed by atoms with Crippen LogP contribution in [-0.2, 0) is 0 Å². The van der Waals surface area contributed by atoms with Gasteiger partial charge in [-0.2, -0.15) is 10.2 Å². The average Bonchev–Trinajstić information content (AvgIpc) is 3.47. The van der Waals surface area contributed by atoms with E-state index in [1.165, 1.54) is 21.9 Å². The largest absolute Gasteiger partial charge is 0.228 e. The molecule has 1 atom stereocenters. The van der Waals surface area contributed by atoms with E-state index in [0.717, 1.165) is 56.1 Å². The first-order valence-corrected chi connectivity index (χ1v) is 16.2. The summed E-state index contributed by atoms with van der Waals surface area (Å²) in [7, 11) is 0. The van der Waals surface area contributed by atoms with Crippen molar-refractivity contribution in [2.24, 2.45) is 5.10 Å². The van der Waals surface area contributed by atoms with Crippen LogP contribution in [0.3, 0.4) is 0 Å². The maximum atomic E-state index is 5.13. The van der Waals surface area contributed by atoms with Gasteiger partial charge in [-0.1, -0.05) is 121 Å². The molecule has 1 unspecified atom stereocenters. The maximum absolute atomic E-state index is 5.13. The Labute approximate surface area is 280 Å². The molecule has 1 aromatic heterocycles. The van der Waals surface area contributed by atoms with Crippen LogP contribution in [0.1, 0.15) is 11.1 Å². The minimum Gasteiger partial charge on any atom is -0.228 e. The molecule has 0 bridgehead atoms. The summed E-state index contributed by atoms with van der Waals surface area (Å²) in [5.74, 6) is 0.720. The second kappa shape index (κ2) is 11.0. The minimum atomic E-state index is 0.0676. The van der Waals surface area contributed by atoms with E-state index in [9.17, 15) is 0 Å². The van der Waals surface area contributed by atoms with E-state index < -0.39 is 0 Å². The topological polar surface area (TPSA) is 44.6 Å². The van der Waals surface area contributed by atoms with Gasteiger partial charge in [-0.25, -0.2) is 9.97 Å². The number of halogens is 1. The first-order valence-electron chi connectivity index (χ1n) is 15.3. The summed E-state index contributed by atoms with van der Waals surface area (Å²) in [4.78, 5) is 10.1. The normalized spacial score (nSPS) is 15.6. The van der Waals surface area contributed by atoms with Crippen LogP contribution in [0.4, 0.5) is 5.69 Å². The Morgan fingerprint density at radius 2 is 1.33 bits per heavy atom. The van der Waals surface area contributed by atoms with Crippen molar-refractivity contribution < 1.29 is 0 Å². The van der Waals surface area contributed by atoms with E-state index in [2.05, 4.69) is 141 Å². The quantitative estimate of drug-likeness (QED) is 0.135. The molecule has 7 aromatic rings. The number of aromatic nitrogens is 2. The minimum absolute atomic E-state index is 0.0676. The van der Waals surface area contributed by atoms with Crippen LogP contribution in [0, 0.1) is 0 Å². The number of hydrogen-bond donors (Lipinski definition) is 0. The third kappa shape index (κ3) is 4.52. The number of fused-ring (bicyclic) bond motifs is 6. The molecule has 5 nitrogen and oxygen atoms in total. The summed E-state index contributed by atoms with van der Waals surface area (Å²) in [6.45, 7) is 0. The number of hydrazine groups is 1. The first-order chi connectivity index (χ1) is 22.7. The van der Waals surface area contributed by atoms with Crippen LogP contribution in [0.5, 0.6) is 0 Å². The van der Waals surface area contributed by atoms with Crippen LogP contribution in [0.25, 0.3) is 61.5 Å². The molecule has 0 N–H and O–H groups in total. The standard InChI is InChI=1S/C40H26IN5/c41-45-36-23-21-26-18-19-30-24-29(20-22-33(30)37(26)39(36)44-46(45)32-14-5-2-6-15-32)28-12-9-13-31(25-28)40-42-35-17-8-7-16-34(35)38(43-40)27-10-3-1-4-11-27/h1-25,36H. The molecule has 46 heavy (non-hydrogen) atoms. The summed E-state index contributed by atoms with van der Waals surface area (Å²) in [6, 6.07) is 48.7. The maximum Gasteiger partial charge on any atom is 0.160 e. The van der Waals surface area contributed by atoms with Crippen molar-refractivity contribution in [3.05, 3.63) is 157 Å². The van der Waals surface area contributed by atoms with Gasteiger partial charge in [0.05, 0.1) is 22.6 Å². The Bertz CT molecular complexity index is 2350. The summed E-state index contributed by atoms with van der Waals surface area (Å²) >= 11 is 2.37. The van der Waals surface area contributed by atoms with E-state index in [4.69, 9.17) is 15.1 Å². The van der Waals surface area contributed by atoms with Gasteiger partial charge in [-0.3, -0.25) is 0 Å². The van der Waals surface area contributed by atoms with Crippen molar-refractivity contribution in [1.29, 1.82) is 0 Å². The Kier molecular flexibility index (Phi) is 6.50. The Morgan fingerprint density at radius 3 is 2.20 bits per heavy atom. The summed E-state index contributed by atoms with van der Waals surface area (Å²) < 4.78 is 2.17. The van der Waals surface area contributed by atoms with Gasteiger partial charge in [0.25, 0.3) is 0 Å². The van der Waals surface area contributed by atoms with Gasteiger partial charge in [0.1, 0.15) is 6.04 Å². The number of nitrogens with zero attached hydrogens (tertiary/aromatic N) is 5. The smallest absolute Gasteiger partial charge is 0.160 e. The molecule has 0 fully saturated rings. The lowest BCUT2D eigenvalue weighted by atomic mass is 9.87. The molecule has 218 valence electrons. The Balaban J connectivity index is 1.12. The predicted octanol–water partition coefficient (Wildman–Crippen LogP) is 9.97. The molecule has 2 aliphatic rings. The molecule has 0 saturated heterocycles. The monoisotopic (exact) mass is 703 g/mol. The lowest BCUT2D eigenvalue weighted by Gasteiger charge is -2.25. The van der Waals surface area contributed by atoms with Crippen molar-refractivity contribution in [3.63, 3.8) is 0 Å². The molecule has 9 rings (SSSR count). The van der Waals surface area contributed by atoms with Crippen LogP contribution in [0.2, 0.25) is 0 Å². The molecular weight excluding hydrogens is 677 g/mol. The molecule has 6 heteroatoms. The fourth-order valence-electron chi connectivity index (χ4n) is 6.52. The Morgan fingerprint density at radius 1 is 0.587 bits per heavy atom. The van der Waals surface area contributed by atoms with E-state index in [0.29, 0.717) is 0 Å². The molecule has 1 aliphatic carbocycles. The van der Waals surface area contributed by atoms with Gasteiger partial charge in [-0.15, -0.1) is 3.22 Å². The zero-order valence-corrected chi connectivity index (χ0v) is 26.8. The van der Waals surface area contributed by atoms with Gasteiger partial charge in [0.15, 0.2) is 5.82 Å². The highest BCUT2D eigenvalue weighted by molar-refractivity contribution is 14.1. The molecule has 2 heterocycles. The highest BCUT2D eigenvalue weighted by atomic mass is 127. The van der Waals surface area contributed by atoms with Gasteiger partial charge >= 0.3 is 0 Å². The third-order valence-corrected chi connectivity index (χ3v) is 9.76. The molecule has 0 spiro atoms. The number of hydrazone groups is 1. The fourth-order valence-corrected chi connectivity index (χ4v) is 7.31. The fraction of sp³-hybridized carbons (Fsp3) is 0.0250. The second-order valence-electron chi connectivity index (χ2n) is 11.5. The molecule has 0 amide bonds. The van der Waals surface area contributed by atoms with Gasteiger partial charge in [0.2, 0.25) is 0 Å². The van der Waals surface area contributed by atoms with E-state index in [-0.39, 0.29) is 6.04 Å². The summed E-state index contributed by atoms with van der Waals surface area (Å²) in [5, 5.41) is 10.6. The molecule has 6 aromatic carbocycles. The van der Waals surface area contributed by atoms with Gasteiger partial charge < -0.3 is 0 Å². The highest BCUT2D eigenvalue weighted by Gasteiger charge is 2.37. The van der Waals surface area contributed by atoms with Crippen molar-refractivity contribution in [3.8, 4) is 33.8 Å². The van der Waals surface area contributed by atoms with Crippen molar-refractivity contribution in [1.82, 2.24) is 13.2 Å². The zero-order valence-electron chi connectivity index (χ0n) is 24.6. The number of benzene rings is 6. The van der Waals surface area contributed by atoms with Crippen LogP contribution in [0.15, 0.2) is 151 Å². The molecular formula is C40H26IN5. The summed E-state index contributed by atoms with van der Waals surface area (Å²) in [5.41, 5.74) is 10.7. The number of hydrogen-bond acceptors (Lipinski definition) is 5. The lowest BCUT2D eigenvalue weighted by molar-refractivity contribution is 0.515. The first kappa shape index (κ1) is 27.2. The highest BCUT2D eigenvalue weighted by Crippen LogP contribution is 2.39. The Hall–Kier alpha value is -5.18. The second-order valence-corrected chi connectivity index (χ2v) is 12.5. The van der Waals surface area contributed by atoms with Crippen LogP contribution >= 0.6 is 22.9 Å². The number of anilines is 1. The molecule has 1 aliphatic heterocycles. The average molecular weight is 704 g/mol. The predicted molar refractivity (Wildman–Crippen MR) is 197 cm³/mol. The van der Waals surface area contributed by atoms with Crippen LogP contribution in [-0.4, -0.2) is 24.9 Å².